The second-order valence-electron chi connectivity index (χ2n) is 6.85. The molecule has 1 unspecified atom stereocenters. The van der Waals surface area contributed by atoms with Crippen LogP contribution in [0, 0.1) is 12.8 Å². The van der Waals surface area contributed by atoms with Crippen molar-refractivity contribution in [2.75, 3.05) is 25.4 Å². The molecule has 0 amide bonds. The Kier molecular flexibility index (Phi) is 4.29. The quantitative estimate of drug-likeness (QED) is 0.790. The zero-order chi connectivity index (χ0) is 17.5. The normalized spacial score (nSPS) is 24.3. The van der Waals surface area contributed by atoms with Gasteiger partial charge in [0.2, 0.25) is 5.88 Å². The van der Waals surface area contributed by atoms with E-state index in [-0.39, 0.29) is 11.7 Å². The van der Waals surface area contributed by atoms with E-state index in [1.807, 2.05) is 24.6 Å². The van der Waals surface area contributed by atoms with E-state index in [2.05, 4.69) is 14.9 Å². The number of rotatable bonds is 5. The highest BCUT2D eigenvalue weighted by Gasteiger charge is 2.61. The van der Waals surface area contributed by atoms with Crippen molar-refractivity contribution in [1.29, 1.82) is 0 Å². The number of ether oxygens (including phenoxy) is 1. The van der Waals surface area contributed by atoms with E-state index in [0.29, 0.717) is 32.0 Å². The zero-order valence-electron chi connectivity index (χ0n) is 14.1. The summed E-state index contributed by atoms with van der Waals surface area (Å²) in [5.74, 6) is 0.841. The maximum absolute atomic E-state index is 12.7. The fourth-order valence-corrected chi connectivity index (χ4v) is 7.10. The van der Waals surface area contributed by atoms with Gasteiger partial charge in [-0.15, -0.1) is 11.3 Å². The molecular formula is C17H21N3O3S2. The van der Waals surface area contributed by atoms with Gasteiger partial charge in [0.05, 0.1) is 23.6 Å². The molecule has 25 heavy (non-hydrogen) atoms. The number of nitrogens with zero attached hydrogens (tertiary/aromatic N) is 3. The highest BCUT2D eigenvalue weighted by molar-refractivity contribution is 7.93. The van der Waals surface area contributed by atoms with E-state index in [0.717, 1.165) is 12.2 Å². The van der Waals surface area contributed by atoms with Crippen molar-refractivity contribution in [2.45, 2.75) is 24.6 Å². The van der Waals surface area contributed by atoms with Crippen LogP contribution in [-0.2, 0) is 16.4 Å². The van der Waals surface area contributed by atoms with Gasteiger partial charge in [0.25, 0.3) is 0 Å². The molecule has 0 aliphatic carbocycles. The third-order valence-electron chi connectivity index (χ3n) is 5.36. The van der Waals surface area contributed by atoms with Crippen LogP contribution >= 0.6 is 11.3 Å². The Morgan fingerprint density at radius 3 is 2.88 bits per heavy atom. The van der Waals surface area contributed by atoms with E-state index in [1.165, 1.54) is 4.88 Å². The first-order valence-electron chi connectivity index (χ1n) is 8.38. The van der Waals surface area contributed by atoms with Crippen LogP contribution in [0.1, 0.15) is 17.0 Å². The van der Waals surface area contributed by atoms with E-state index in [1.54, 1.807) is 23.6 Å². The van der Waals surface area contributed by atoms with Crippen molar-refractivity contribution in [3.63, 3.8) is 0 Å². The van der Waals surface area contributed by atoms with Crippen LogP contribution < -0.4 is 4.74 Å². The van der Waals surface area contributed by atoms with Crippen LogP contribution in [0.2, 0.25) is 0 Å². The van der Waals surface area contributed by atoms with Gasteiger partial charge in [0.1, 0.15) is 4.75 Å². The summed E-state index contributed by atoms with van der Waals surface area (Å²) >= 11 is 1.63. The monoisotopic (exact) mass is 379 g/mol. The van der Waals surface area contributed by atoms with Crippen molar-refractivity contribution >= 4 is 21.2 Å². The fraction of sp³-hybridized carbons (Fsp3) is 0.529. The molecule has 1 atom stereocenters. The van der Waals surface area contributed by atoms with Crippen molar-refractivity contribution in [1.82, 2.24) is 14.9 Å². The van der Waals surface area contributed by atoms with Gasteiger partial charge in [-0.1, -0.05) is 6.07 Å². The summed E-state index contributed by atoms with van der Waals surface area (Å²) in [5, 5.41) is 0. The van der Waals surface area contributed by atoms with Gasteiger partial charge in [-0.05, 0) is 19.4 Å². The molecule has 6 nitrogen and oxygen atoms in total. The zero-order valence-corrected chi connectivity index (χ0v) is 15.7. The predicted molar refractivity (Wildman–Crippen MR) is 96.5 cm³/mol. The third-order valence-corrected chi connectivity index (χ3v) is 8.89. The van der Waals surface area contributed by atoms with Crippen LogP contribution in [0.25, 0.3) is 0 Å². The molecule has 134 valence electrons. The second kappa shape index (κ2) is 6.34. The fourth-order valence-electron chi connectivity index (χ4n) is 3.83. The number of hydrogen-bond donors (Lipinski definition) is 0. The van der Waals surface area contributed by atoms with Crippen LogP contribution in [0.4, 0.5) is 0 Å². The lowest BCUT2D eigenvalue weighted by Gasteiger charge is -2.49. The van der Waals surface area contributed by atoms with Crippen LogP contribution in [0.3, 0.4) is 0 Å². The van der Waals surface area contributed by atoms with E-state index < -0.39 is 14.6 Å². The summed E-state index contributed by atoms with van der Waals surface area (Å²) in [5.41, 5.74) is 2.88. The maximum atomic E-state index is 12.7. The van der Waals surface area contributed by atoms with E-state index in [9.17, 15) is 8.42 Å². The molecule has 2 aliphatic heterocycles. The molecule has 4 heterocycles. The number of sulfone groups is 1. The van der Waals surface area contributed by atoms with Crippen molar-refractivity contribution in [3.8, 4) is 5.88 Å². The molecular weight excluding hydrogens is 358 g/mol. The summed E-state index contributed by atoms with van der Waals surface area (Å²) in [6.07, 6.45) is 2.35. The number of aryl methyl sites for hydroxylation is 1. The minimum atomic E-state index is -3.08. The minimum Gasteiger partial charge on any atom is -0.477 e. The number of hydrogen-bond acceptors (Lipinski definition) is 7. The van der Waals surface area contributed by atoms with Gasteiger partial charge in [-0.25, -0.2) is 18.4 Å². The molecule has 2 fully saturated rings. The van der Waals surface area contributed by atoms with Gasteiger partial charge in [0, 0.05) is 42.7 Å². The predicted octanol–water partition coefficient (Wildman–Crippen LogP) is 1.91. The largest absolute Gasteiger partial charge is 0.477 e. The Morgan fingerprint density at radius 2 is 2.20 bits per heavy atom. The molecule has 2 saturated heterocycles. The van der Waals surface area contributed by atoms with Gasteiger partial charge in [-0.2, -0.15) is 0 Å². The van der Waals surface area contributed by atoms with Gasteiger partial charge < -0.3 is 4.74 Å². The number of aromatic nitrogens is 2. The summed E-state index contributed by atoms with van der Waals surface area (Å²) in [6, 6.07) is 5.50. The van der Waals surface area contributed by atoms with E-state index >= 15 is 0 Å². The molecule has 0 bridgehead atoms. The topological polar surface area (TPSA) is 72.4 Å². The Labute approximate surface area is 151 Å². The van der Waals surface area contributed by atoms with Crippen molar-refractivity contribution in [3.05, 3.63) is 40.5 Å². The Balaban J connectivity index is 1.44. The highest BCUT2D eigenvalue weighted by atomic mass is 32.2. The van der Waals surface area contributed by atoms with Crippen molar-refractivity contribution in [2.24, 2.45) is 5.92 Å². The van der Waals surface area contributed by atoms with Gasteiger partial charge >= 0.3 is 0 Å². The molecule has 0 saturated carbocycles. The summed E-state index contributed by atoms with van der Waals surface area (Å²) in [7, 11) is -3.08. The van der Waals surface area contributed by atoms with Gasteiger partial charge in [-0.3, -0.25) is 4.90 Å². The Morgan fingerprint density at radius 1 is 1.36 bits per heavy atom. The molecule has 4 rings (SSSR count). The first-order valence-corrected chi connectivity index (χ1v) is 10.9. The average Bonchev–Trinajstić information content (AvgIpc) is 3.08. The number of thiazole rings is 1. The summed E-state index contributed by atoms with van der Waals surface area (Å²) in [6.45, 7) is 4.36. The first kappa shape index (κ1) is 16.9. The minimum absolute atomic E-state index is 0.0262. The molecule has 8 heteroatoms. The van der Waals surface area contributed by atoms with Crippen LogP contribution in [0.5, 0.6) is 5.88 Å². The number of likely N-dealkylation sites (tertiary alicyclic amines) is 1. The average molecular weight is 380 g/mol. The SMILES string of the molecule is Cc1ncsc1CN1CC2(C1)C(COc1ccccn1)CCS2(=O)=O. The standard InChI is InChI=1S/C17H21N3O3S2/c1-13-15(24-12-19-13)8-20-10-17(11-20)14(5-7-25(17,21)22)9-23-16-4-2-3-6-18-16/h2-4,6,12,14H,5,7-11H2,1H3. The Bertz CT molecular complexity index is 845. The molecule has 2 aliphatic rings. The molecule has 0 aromatic carbocycles. The number of pyridine rings is 1. The van der Waals surface area contributed by atoms with Gasteiger partial charge in [0.15, 0.2) is 9.84 Å². The smallest absolute Gasteiger partial charge is 0.213 e. The molecule has 0 radical (unpaired) electrons. The van der Waals surface area contributed by atoms with Crippen LogP contribution in [-0.4, -0.2) is 53.5 Å². The lowest BCUT2D eigenvalue weighted by Crippen LogP contribution is -2.67. The van der Waals surface area contributed by atoms with E-state index in [4.69, 9.17) is 4.74 Å². The Hall–Kier alpha value is -1.51. The van der Waals surface area contributed by atoms with Crippen LogP contribution in [0.15, 0.2) is 29.9 Å². The van der Waals surface area contributed by atoms with Crippen molar-refractivity contribution < 1.29 is 13.2 Å². The molecule has 0 N–H and O–H groups in total. The summed E-state index contributed by atoms with van der Waals surface area (Å²) < 4.78 is 30.5. The molecule has 2 aromatic heterocycles. The lowest BCUT2D eigenvalue weighted by molar-refractivity contribution is 0.0587. The first-order chi connectivity index (χ1) is 12.0. The molecule has 2 aromatic rings. The third kappa shape index (κ3) is 2.96. The maximum Gasteiger partial charge on any atom is 0.213 e. The molecule has 1 spiro atoms. The lowest BCUT2D eigenvalue weighted by atomic mass is 9.83. The second-order valence-corrected chi connectivity index (χ2v) is 10.2. The summed E-state index contributed by atoms with van der Waals surface area (Å²) in [4.78, 5) is 11.8. The highest BCUT2D eigenvalue weighted by Crippen LogP contribution is 2.45.